The number of carbonyl (C=O) groups is 2. The second-order valence-corrected chi connectivity index (χ2v) is 8.27. The standard InChI is InChI=1S/C20H26ClN3O4/c1-13-12-28-8-7-23(13)19(25)22-6-4-14-9-15(21)10-16(17(14)11-22)18-3-2-5-24(18)20(26)27/h9-10,13,18H,2-8,11-12H2,1H3,(H,26,27)/t13-,18+/m1/s1. The van der Waals surface area contributed by atoms with Crippen LogP contribution in [0.15, 0.2) is 12.1 Å². The zero-order chi connectivity index (χ0) is 19.8. The van der Waals surface area contributed by atoms with Gasteiger partial charge in [-0.25, -0.2) is 9.59 Å². The van der Waals surface area contributed by atoms with Crippen LogP contribution in [0.25, 0.3) is 0 Å². The minimum absolute atomic E-state index is 0.0314. The number of halogens is 1. The second-order valence-electron chi connectivity index (χ2n) is 7.84. The molecule has 8 heteroatoms. The minimum Gasteiger partial charge on any atom is -0.465 e. The molecular formula is C20H26ClN3O4. The Balaban J connectivity index is 1.62. The van der Waals surface area contributed by atoms with Gasteiger partial charge in [-0.3, -0.25) is 0 Å². The van der Waals surface area contributed by atoms with E-state index >= 15 is 0 Å². The molecule has 3 aliphatic rings. The maximum atomic E-state index is 13.1. The van der Waals surface area contributed by atoms with E-state index in [0.717, 1.165) is 36.0 Å². The van der Waals surface area contributed by atoms with Gasteiger partial charge < -0.3 is 24.5 Å². The summed E-state index contributed by atoms with van der Waals surface area (Å²) in [4.78, 5) is 30.0. The Bertz CT molecular complexity index is 787. The second kappa shape index (κ2) is 7.79. The molecule has 1 aromatic rings. The van der Waals surface area contributed by atoms with Crippen molar-refractivity contribution >= 4 is 23.7 Å². The Hall–Kier alpha value is -1.99. The third-order valence-corrected chi connectivity index (χ3v) is 6.30. The maximum Gasteiger partial charge on any atom is 0.407 e. The zero-order valence-electron chi connectivity index (χ0n) is 16.1. The van der Waals surface area contributed by atoms with E-state index in [4.69, 9.17) is 16.3 Å². The summed E-state index contributed by atoms with van der Waals surface area (Å²) in [5.41, 5.74) is 3.14. The molecule has 0 unspecified atom stereocenters. The molecule has 28 heavy (non-hydrogen) atoms. The lowest BCUT2D eigenvalue weighted by Gasteiger charge is -2.40. The fourth-order valence-corrected chi connectivity index (χ4v) is 4.88. The number of ether oxygens (including phenoxy) is 1. The van der Waals surface area contributed by atoms with Crippen LogP contribution in [0.4, 0.5) is 9.59 Å². The number of likely N-dealkylation sites (tertiary alicyclic amines) is 1. The molecule has 3 aliphatic heterocycles. The fourth-order valence-electron chi connectivity index (χ4n) is 4.63. The first-order valence-electron chi connectivity index (χ1n) is 9.89. The van der Waals surface area contributed by atoms with Crippen molar-refractivity contribution in [3.63, 3.8) is 0 Å². The van der Waals surface area contributed by atoms with Crippen molar-refractivity contribution in [3.8, 4) is 0 Å². The number of benzene rings is 1. The monoisotopic (exact) mass is 407 g/mol. The molecule has 0 saturated carbocycles. The van der Waals surface area contributed by atoms with Gasteiger partial charge in [0.25, 0.3) is 0 Å². The Morgan fingerprint density at radius 1 is 1.21 bits per heavy atom. The Morgan fingerprint density at radius 2 is 2.04 bits per heavy atom. The maximum absolute atomic E-state index is 13.1. The SMILES string of the molecule is C[C@@H]1COCCN1C(=O)N1CCc2cc(Cl)cc([C@@H]3CCCN3C(=O)O)c2C1. The first-order chi connectivity index (χ1) is 13.5. The molecular weight excluding hydrogens is 382 g/mol. The van der Waals surface area contributed by atoms with E-state index in [2.05, 4.69) is 0 Å². The molecule has 3 amide bonds. The van der Waals surface area contributed by atoms with Gasteiger partial charge >= 0.3 is 12.1 Å². The highest BCUT2D eigenvalue weighted by Crippen LogP contribution is 2.38. The Labute approximate surface area is 169 Å². The van der Waals surface area contributed by atoms with Crippen LogP contribution in [0.1, 0.15) is 42.5 Å². The van der Waals surface area contributed by atoms with Gasteiger partial charge in [0.05, 0.1) is 25.3 Å². The largest absolute Gasteiger partial charge is 0.465 e. The lowest BCUT2D eigenvalue weighted by Crippen LogP contribution is -2.53. The Morgan fingerprint density at radius 3 is 2.79 bits per heavy atom. The summed E-state index contributed by atoms with van der Waals surface area (Å²) in [7, 11) is 0. The number of hydrogen-bond donors (Lipinski definition) is 1. The average Bonchev–Trinajstić information content (AvgIpc) is 3.17. The molecule has 0 aromatic heterocycles. The van der Waals surface area contributed by atoms with Crippen molar-refractivity contribution < 1.29 is 19.4 Å². The normalized spacial score (nSPS) is 25.0. The number of amides is 3. The summed E-state index contributed by atoms with van der Waals surface area (Å²) in [5.74, 6) is 0. The molecule has 0 bridgehead atoms. The van der Waals surface area contributed by atoms with Gasteiger partial charge in [-0.1, -0.05) is 11.6 Å². The highest BCUT2D eigenvalue weighted by molar-refractivity contribution is 6.30. The van der Waals surface area contributed by atoms with Crippen molar-refractivity contribution in [3.05, 3.63) is 33.8 Å². The molecule has 2 saturated heterocycles. The summed E-state index contributed by atoms with van der Waals surface area (Å²) in [6.07, 6.45) is 1.45. The number of urea groups is 1. The van der Waals surface area contributed by atoms with Gasteiger partial charge in [-0.05, 0) is 55.0 Å². The van der Waals surface area contributed by atoms with E-state index in [1.54, 1.807) is 0 Å². The van der Waals surface area contributed by atoms with Crippen molar-refractivity contribution in [2.24, 2.45) is 0 Å². The van der Waals surface area contributed by atoms with Crippen LogP contribution in [0.3, 0.4) is 0 Å². The lowest BCUT2D eigenvalue weighted by atomic mass is 9.90. The molecule has 0 radical (unpaired) electrons. The first kappa shape index (κ1) is 19.3. The van der Waals surface area contributed by atoms with Gasteiger partial charge in [0, 0.05) is 31.2 Å². The van der Waals surface area contributed by atoms with Crippen LogP contribution in [-0.2, 0) is 17.7 Å². The fraction of sp³-hybridized carbons (Fsp3) is 0.600. The number of carbonyl (C=O) groups excluding carboxylic acids is 1. The third kappa shape index (κ3) is 3.53. The predicted octanol–water partition coefficient (Wildman–Crippen LogP) is 3.35. The molecule has 0 spiro atoms. The highest BCUT2D eigenvalue weighted by Gasteiger charge is 2.35. The topological polar surface area (TPSA) is 73.3 Å². The van der Waals surface area contributed by atoms with Gasteiger partial charge in [0.2, 0.25) is 0 Å². The molecule has 1 N–H and O–H groups in total. The molecule has 0 aliphatic carbocycles. The van der Waals surface area contributed by atoms with Gasteiger partial charge in [0.1, 0.15) is 0 Å². The van der Waals surface area contributed by atoms with E-state index in [1.807, 2.05) is 28.9 Å². The van der Waals surface area contributed by atoms with E-state index in [9.17, 15) is 14.7 Å². The number of nitrogens with zero attached hydrogens (tertiary/aromatic N) is 3. The van der Waals surface area contributed by atoms with E-state index < -0.39 is 6.09 Å². The van der Waals surface area contributed by atoms with Crippen molar-refractivity contribution in [1.82, 2.24) is 14.7 Å². The van der Waals surface area contributed by atoms with Gasteiger partial charge in [0.15, 0.2) is 0 Å². The van der Waals surface area contributed by atoms with Crippen LogP contribution in [0.5, 0.6) is 0 Å². The predicted molar refractivity (Wildman–Crippen MR) is 105 cm³/mol. The summed E-state index contributed by atoms with van der Waals surface area (Å²) < 4.78 is 5.45. The van der Waals surface area contributed by atoms with Crippen LogP contribution in [0, 0.1) is 0 Å². The highest BCUT2D eigenvalue weighted by atomic mass is 35.5. The number of hydrogen-bond acceptors (Lipinski definition) is 3. The zero-order valence-corrected chi connectivity index (χ0v) is 16.8. The first-order valence-corrected chi connectivity index (χ1v) is 10.3. The van der Waals surface area contributed by atoms with Crippen LogP contribution in [-0.4, -0.2) is 70.8 Å². The van der Waals surface area contributed by atoms with Crippen LogP contribution >= 0.6 is 11.6 Å². The van der Waals surface area contributed by atoms with Crippen molar-refractivity contribution in [1.29, 1.82) is 0 Å². The molecule has 152 valence electrons. The smallest absolute Gasteiger partial charge is 0.407 e. The number of morpholine rings is 1. The van der Waals surface area contributed by atoms with Crippen LogP contribution < -0.4 is 0 Å². The summed E-state index contributed by atoms with van der Waals surface area (Å²) >= 11 is 6.36. The van der Waals surface area contributed by atoms with E-state index in [0.29, 0.717) is 44.4 Å². The third-order valence-electron chi connectivity index (χ3n) is 6.08. The molecule has 4 rings (SSSR count). The summed E-state index contributed by atoms with van der Waals surface area (Å²) in [6.45, 7) is 5.41. The summed E-state index contributed by atoms with van der Waals surface area (Å²) in [5, 5.41) is 10.2. The van der Waals surface area contributed by atoms with Crippen LogP contribution in [0.2, 0.25) is 5.02 Å². The molecule has 1 aromatic carbocycles. The van der Waals surface area contributed by atoms with Crippen molar-refractivity contribution in [2.75, 3.05) is 32.8 Å². The number of carboxylic acid groups (broad SMARTS) is 1. The quantitative estimate of drug-likeness (QED) is 0.774. The summed E-state index contributed by atoms with van der Waals surface area (Å²) in [6, 6.07) is 3.74. The van der Waals surface area contributed by atoms with E-state index in [1.165, 1.54) is 4.90 Å². The van der Waals surface area contributed by atoms with Crippen molar-refractivity contribution in [2.45, 2.75) is 44.8 Å². The average molecular weight is 408 g/mol. The molecule has 2 fully saturated rings. The van der Waals surface area contributed by atoms with Gasteiger partial charge in [-0.15, -0.1) is 0 Å². The molecule has 3 heterocycles. The number of rotatable bonds is 1. The number of fused-ring (bicyclic) bond motifs is 1. The Kier molecular flexibility index (Phi) is 5.38. The molecule has 2 atom stereocenters. The van der Waals surface area contributed by atoms with E-state index in [-0.39, 0.29) is 18.1 Å². The van der Waals surface area contributed by atoms with Gasteiger partial charge in [-0.2, -0.15) is 0 Å². The molecule has 7 nitrogen and oxygen atoms in total. The minimum atomic E-state index is -0.901. The lowest BCUT2D eigenvalue weighted by molar-refractivity contribution is 0.00932.